The van der Waals surface area contributed by atoms with Gasteiger partial charge in [-0.25, -0.2) is 9.97 Å². The number of nitrogens with zero attached hydrogens (tertiary/aromatic N) is 3. The Morgan fingerprint density at radius 3 is 3.20 bits per heavy atom. The molecule has 3 aromatic heterocycles. The molecule has 1 saturated heterocycles. The van der Waals surface area contributed by atoms with E-state index in [1.165, 1.54) is 18.5 Å². The van der Waals surface area contributed by atoms with Crippen LogP contribution in [0, 0.1) is 5.92 Å². The van der Waals surface area contributed by atoms with Gasteiger partial charge in [0.25, 0.3) is 0 Å². The number of imidazole rings is 1. The Morgan fingerprint density at radius 1 is 1.35 bits per heavy atom. The zero-order valence-electron chi connectivity index (χ0n) is 11.6. The molecule has 0 saturated carbocycles. The molecule has 0 spiro atoms. The monoisotopic (exact) mass is 269 g/mol. The van der Waals surface area contributed by atoms with Gasteiger partial charge in [-0.3, -0.25) is 4.40 Å². The van der Waals surface area contributed by atoms with Crippen molar-refractivity contribution in [2.75, 3.05) is 13.1 Å². The molecule has 2 atom stereocenters. The lowest BCUT2D eigenvalue weighted by Crippen LogP contribution is -2.35. The van der Waals surface area contributed by atoms with Gasteiger partial charge in [-0.15, -0.1) is 0 Å². The van der Waals surface area contributed by atoms with Crippen molar-refractivity contribution in [3.05, 3.63) is 30.4 Å². The minimum absolute atomic E-state index is 0.580. The van der Waals surface area contributed by atoms with Crippen LogP contribution in [-0.2, 0) is 0 Å². The second kappa shape index (κ2) is 4.59. The van der Waals surface area contributed by atoms with Gasteiger partial charge in [-0.1, -0.05) is 13.3 Å². The summed E-state index contributed by atoms with van der Waals surface area (Å²) in [5.74, 6) is 1.27. The second-order valence-corrected chi connectivity index (χ2v) is 5.61. The lowest BCUT2D eigenvalue weighted by molar-refractivity contribution is 0.312. The highest BCUT2D eigenvalue weighted by Gasteiger charge is 2.28. The molecule has 1 fully saturated rings. The molecule has 20 heavy (non-hydrogen) atoms. The largest absolute Gasteiger partial charge is 0.345 e. The third kappa shape index (κ3) is 1.66. The summed E-state index contributed by atoms with van der Waals surface area (Å²) >= 11 is 0. The summed E-state index contributed by atoms with van der Waals surface area (Å²) in [6.07, 6.45) is 8.22. The Labute approximate surface area is 117 Å². The van der Waals surface area contributed by atoms with Gasteiger partial charge < -0.3 is 10.3 Å². The van der Waals surface area contributed by atoms with Crippen LogP contribution in [-0.4, -0.2) is 32.4 Å². The molecule has 0 aliphatic carbocycles. The van der Waals surface area contributed by atoms with E-state index < -0.39 is 0 Å². The number of aromatic nitrogens is 4. The fraction of sp³-hybridized carbons (Fsp3) is 0.467. The average Bonchev–Trinajstić information content (AvgIpc) is 3.12. The fourth-order valence-electron chi connectivity index (χ4n) is 3.49. The Morgan fingerprint density at radius 2 is 2.30 bits per heavy atom. The van der Waals surface area contributed by atoms with Crippen molar-refractivity contribution in [3.63, 3.8) is 0 Å². The minimum atomic E-state index is 0.580. The molecular weight excluding hydrogens is 250 g/mol. The van der Waals surface area contributed by atoms with E-state index in [-0.39, 0.29) is 0 Å². The van der Waals surface area contributed by atoms with E-state index in [0.29, 0.717) is 11.8 Å². The predicted molar refractivity (Wildman–Crippen MR) is 78.9 cm³/mol. The number of hydrogen-bond donors (Lipinski definition) is 2. The number of rotatable bonds is 2. The zero-order chi connectivity index (χ0) is 13.5. The summed E-state index contributed by atoms with van der Waals surface area (Å²) in [5.41, 5.74) is 4.34. The number of H-pyrrole nitrogens is 1. The standard InChI is InChI=1S/C15H19N5/c1-2-10-7-16-5-3-11(10)13-8-18-14-9-19-15-12(20(13)14)4-6-17-15/h4,6,8-11,16-17H,2-3,5,7H2,1H3/t10-,11+/m1/s1. The smallest absolute Gasteiger partial charge is 0.156 e. The van der Waals surface area contributed by atoms with E-state index in [1.807, 2.05) is 18.6 Å². The van der Waals surface area contributed by atoms with Gasteiger partial charge in [0.1, 0.15) is 0 Å². The van der Waals surface area contributed by atoms with Gasteiger partial charge in [0.15, 0.2) is 11.3 Å². The SMILES string of the molecule is CC[C@@H]1CNCC[C@@H]1c1cnc2cnc3[nH]ccc3n12. The first-order chi connectivity index (χ1) is 9.88. The zero-order valence-corrected chi connectivity index (χ0v) is 11.6. The molecule has 0 aromatic carbocycles. The molecular formula is C15H19N5. The van der Waals surface area contributed by atoms with Gasteiger partial charge in [0.05, 0.1) is 11.7 Å². The average molecular weight is 269 g/mol. The van der Waals surface area contributed by atoms with Gasteiger partial charge in [-0.2, -0.15) is 0 Å². The predicted octanol–water partition coefficient (Wildman–Crippen LogP) is 2.31. The van der Waals surface area contributed by atoms with E-state index >= 15 is 0 Å². The maximum Gasteiger partial charge on any atom is 0.156 e. The third-order valence-corrected chi connectivity index (χ3v) is 4.58. The molecule has 0 radical (unpaired) electrons. The van der Waals surface area contributed by atoms with Crippen molar-refractivity contribution in [2.24, 2.45) is 5.92 Å². The maximum absolute atomic E-state index is 4.56. The van der Waals surface area contributed by atoms with E-state index in [0.717, 1.165) is 29.9 Å². The summed E-state index contributed by atoms with van der Waals surface area (Å²) < 4.78 is 2.28. The summed E-state index contributed by atoms with van der Waals surface area (Å²) in [6.45, 7) is 4.48. The molecule has 3 aromatic rings. The minimum Gasteiger partial charge on any atom is -0.345 e. The molecule has 0 amide bonds. The Balaban J connectivity index is 1.92. The summed E-state index contributed by atoms with van der Waals surface area (Å²) in [4.78, 5) is 12.2. The van der Waals surface area contributed by atoms with Crippen molar-refractivity contribution in [1.82, 2.24) is 24.7 Å². The second-order valence-electron chi connectivity index (χ2n) is 5.61. The summed E-state index contributed by atoms with van der Waals surface area (Å²) in [6, 6.07) is 2.09. The van der Waals surface area contributed by atoms with Crippen LogP contribution in [0.5, 0.6) is 0 Å². The molecule has 0 bridgehead atoms. The van der Waals surface area contributed by atoms with E-state index in [1.54, 1.807) is 0 Å². The van der Waals surface area contributed by atoms with Gasteiger partial charge in [0, 0.05) is 24.0 Å². The van der Waals surface area contributed by atoms with E-state index in [4.69, 9.17) is 0 Å². The van der Waals surface area contributed by atoms with Crippen LogP contribution < -0.4 is 5.32 Å². The fourth-order valence-corrected chi connectivity index (χ4v) is 3.49. The number of piperidine rings is 1. The van der Waals surface area contributed by atoms with Crippen LogP contribution in [0.4, 0.5) is 0 Å². The van der Waals surface area contributed by atoms with Crippen molar-refractivity contribution in [1.29, 1.82) is 0 Å². The van der Waals surface area contributed by atoms with Crippen LogP contribution in [0.1, 0.15) is 31.4 Å². The molecule has 5 nitrogen and oxygen atoms in total. The van der Waals surface area contributed by atoms with Crippen molar-refractivity contribution >= 4 is 16.8 Å². The molecule has 2 N–H and O–H groups in total. The highest BCUT2D eigenvalue weighted by Crippen LogP contribution is 2.33. The molecule has 4 rings (SSSR count). The van der Waals surface area contributed by atoms with E-state index in [2.05, 4.69) is 37.7 Å². The molecule has 1 aliphatic heterocycles. The molecule has 104 valence electrons. The Kier molecular flexibility index (Phi) is 2.73. The first-order valence-corrected chi connectivity index (χ1v) is 7.38. The highest BCUT2D eigenvalue weighted by molar-refractivity contribution is 5.74. The molecule has 0 unspecified atom stereocenters. The lowest BCUT2D eigenvalue weighted by atomic mass is 9.82. The van der Waals surface area contributed by atoms with Crippen molar-refractivity contribution in [3.8, 4) is 0 Å². The maximum atomic E-state index is 4.56. The van der Waals surface area contributed by atoms with Crippen LogP contribution in [0.2, 0.25) is 0 Å². The Hall–Kier alpha value is -1.88. The normalized spacial score (nSPS) is 23.6. The Bertz CT molecular complexity index is 741. The number of hydrogen-bond acceptors (Lipinski definition) is 3. The van der Waals surface area contributed by atoms with Gasteiger partial charge >= 0.3 is 0 Å². The highest BCUT2D eigenvalue weighted by atomic mass is 15.1. The summed E-state index contributed by atoms with van der Waals surface area (Å²) in [5, 5.41) is 3.51. The van der Waals surface area contributed by atoms with Crippen LogP contribution in [0.3, 0.4) is 0 Å². The third-order valence-electron chi connectivity index (χ3n) is 4.58. The van der Waals surface area contributed by atoms with E-state index in [9.17, 15) is 0 Å². The topological polar surface area (TPSA) is 58.0 Å². The van der Waals surface area contributed by atoms with Crippen LogP contribution in [0.15, 0.2) is 24.7 Å². The summed E-state index contributed by atoms with van der Waals surface area (Å²) in [7, 11) is 0. The molecule has 1 aliphatic rings. The number of aromatic amines is 1. The quantitative estimate of drug-likeness (QED) is 0.750. The first kappa shape index (κ1) is 11.9. The lowest BCUT2D eigenvalue weighted by Gasteiger charge is -2.31. The molecule has 5 heteroatoms. The van der Waals surface area contributed by atoms with Crippen LogP contribution >= 0.6 is 0 Å². The van der Waals surface area contributed by atoms with Gasteiger partial charge in [0.2, 0.25) is 0 Å². The van der Waals surface area contributed by atoms with Crippen molar-refractivity contribution in [2.45, 2.75) is 25.7 Å². The number of nitrogens with one attached hydrogen (secondary N) is 2. The number of fused-ring (bicyclic) bond motifs is 3. The first-order valence-electron chi connectivity index (χ1n) is 7.38. The van der Waals surface area contributed by atoms with Crippen molar-refractivity contribution < 1.29 is 0 Å². The van der Waals surface area contributed by atoms with Crippen LogP contribution in [0.25, 0.3) is 16.8 Å². The molecule has 4 heterocycles. The van der Waals surface area contributed by atoms with Gasteiger partial charge in [-0.05, 0) is 31.5 Å².